The molecule has 1 aliphatic carbocycles. The molecule has 1 saturated heterocycles. The molecule has 178 valence electrons. The molecule has 0 radical (unpaired) electrons. The monoisotopic (exact) mass is 460 g/mol. The fraction of sp³-hybridized carbons (Fsp3) is 0.462. The number of amidine groups is 1. The van der Waals surface area contributed by atoms with E-state index in [1.807, 2.05) is 18.2 Å². The van der Waals surface area contributed by atoms with E-state index in [4.69, 9.17) is 4.42 Å². The van der Waals surface area contributed by atoms with Crippen molar-refractivity contribution < 1.29 is 9.21 Å². The summed E-state index contributed by atoms with van der Waals surface area (Å²) in [6, 6.07) is 10.4. The summed E-state index contributed by atoms with van der Waals surface area (Å²) in [6.45, 7) is 3.03. The van der Waals surface area contributed by atoms with Gasteiger partial charge >= 0.3 is 0 Å². The summed E-state index contributed by atoms with van der Waals surface area (Å²) in [6.07, 6.45) is 9.83. The van der Waals surface area contributed by atoms with Crippen LogP contribution in [0.25, 0.3) is 22.2 Å². The fourth-order valence-electron chi connectivity index (χ4n) is 6.45. The first-order valence-electron chi connectivity index (χ1n) is 12.5. The van der Waals surface area contributed by atoms with Gasteiger partial charge in [-0.3, -0.25) is 10.2 Å². The Bertz CT molecular complexity index is 1200. The van der Waals surface area contributed by atoms with Gasteiger partial charge in [0.2, 0.25) is 5.91 Å². The van der Waals surface area contributed by atoms with Gasteiger partial charge in [0.25, 0.3) is 0 Å². The van der Waals surface area contributed by atoms with Gasteiger partial charge < -0.3 is 14.3 Å². The van der Waals surface area contributed by atoms with E-state index in [1.54, 1.807) is 6.26 Å². The van der Waals surface area contributed by atoms with Crippen molar-refractivity contribution in [1.82, 2.24) is 26.4 Å². The van der Waals surface area contributed by atoms with Crippen LogP contribution in [-0.2, 0) is 4.79 Å². The van der Waals surface area contributed by atoms with Gasteiger partial charge in [0.1, 0.15) is 11.6 Å². The Labute approximate surface area is 199 Å². The van der Waals surface area contributed by atoms with E-state index >= 15 is 0 Å². The maximum atomic E-state index is 13.7. The molecule has 6 rings (SSSR count). The highest BCUT2D eigenvalue weighted by atomic mass is 16.3. The molecule has 3 aliphatic rings. The molecule has 2 aromatic heterocycles. The maximum absolute atomic E-state index is 13.7. The molecule has 4 unspecified atom stereocenters. The van der Waals surface area contributed by atoms with E-state index in [1.165, 1.54) is 5.56 Å². The first-order valence-corrected chi connectivity index (χ1v) is 12.5. The third kappa shape index (κ3) is 3.66. The van der Waals surface area contributed by atoms with Crippen LogP contribution in [0.5, 0.6) is 0 Å². The van der Waals surface area contributed by atoms with Crippen LogP contribution in [0.4, 0.5) is 0 Å². The number of H-pyrrole nitrogens is 1. The Kier molecular flexibility index (Phi) is 5.53. The number of carbonyl (C=O) groups is 1. The molecular formula is C26H32N6O2. The van der Waals surface area contributed by atoms with E-state index in [0.717, 1.165) is 66.7 Å². The Morgan fingerprint density at radius 1 is 1.21 bits per heavy atom. The lowest BCUT2D eigenvalue weighted by Crippen LogP contribution is -2.54. The molecule has 0 bridgehead atoms. The number of hydrazone groups is 1. The SMILES string of the molecule is CC(CC(=O)N1CCCC2C(C3=NNNN3)CCCC21)c1c[nH]c2cccc(-c3ccco3)c12. The molecule has 1 aromatic carbocycles. The van der Waals surface area contributed by atoms with Crippen molar-refractivity contribution in [3.8, 4) is 11.3 Å². The van der Waals surface area contributed by atoms with Gasteiger partial charge in [-0.1, -0.05) is 25.5 Å². The van der Waals surface area contributed by atoms with E-state index in [9.17, 15) is 4.79 Å². The van der Waals surface area contributed by atoms with Crippen molar-refractivity contribution in [1.29, 1.82) is 0 Å². The van der Waals surface area contributed by atoms with Crippen molar-refractivity contribution in [2.75, 3.05) is 6.54 Å². The fourth-order valence-corrected chi connectivity index (χ4v) is 6.45. The first-order chi connectivity index (χ1) is 16.7. The predicted octanol–water partition coefficient (Wildman–Crippen LogP) is 4.25. The number of hydrazine groups is 2. The average molecular weight is 461 g/mol. The number of rotatable bonds is 5. The molecule has 4 heterocycles. The number of piperidine rings is 1. The Morgan fingerprint density at radius 3 is 2.97 bits per heavy atom. The second kappa shape index (κ2) is 8.83. The van der Waals surface area contributed by atoms with Crippen molar-refractivity contribution in [2.45, 2.75) is 57.4 Å². The highest BCUT2D eigenvalue weighted by Gasteiger charge is 2.43. The maximum Gasteiger partial charge on any atom is 0.223 e. The zero-order chi connectivity index (χ0) is 23.1. The predicted molar refractivity (Wildman–Crippen MR) is 131 cm³/mol. The molecule has 3 aromatic rings. The lowest BCUT2D eigenvalue weighted by molar-refractivity contribution is -0.138. The van der Waals surface area contributed by atoms with E-state index < -0.39 is 0 Å². The number of likely N-dealkylation sites (tertiary alicyclic amines) is 1. The standard InChI is InChI=1S/C26H32N6O2/c1-16(20-15-27-21-9-2-7-19(25(20)21)23-11-5-13-34-23)14-24(33)32-12-4-8-17-18(6-3-10-22(17)32)26-28-30-31-29-26/h2,5,7,9,11,13,15-18,22,27,30-31H,3-4,6,8,10,12,14H2,1H3,(H,28,29). The number of fused-ring (bicyclic) bond motifs is 2. The van der Waals surface area contributed by atoms with Crippen LogP contribution >= 0.6 is 0 Å². The molecule has 1 amide bonds. The van der Waals surface area contributed by atoms with Crippen LogP contribution in [-0.4, -0.2) is 34.2 Å². The number of nitrogens with one attached hydrogen (secondary N) is 4. The normalized spacial score (nSPS) is 25.4. The molecule has 1 saturated carbocycles. The van der Waals surface area contributed by atoms with Crippen LogP contribution in [0.2, 0.25) is 0 Å². The highest BCUT2D eigenvalue weighted by molar-refractivity contribution is 5.97. The zero-order valence-electron chi connectivity index (χ0n) is 19.5. The van der Waals surface area contributed by atoms with Crippen LogP contribution in [0.15, 0.2) is 52.3 Å². The van der Waals surface area contributed by atoms with Crippen LogP contribution in [0, 0.1) is 11.8 Å². The summed E-state index contributed by atoms with van der Waals surface area (Å²) in [5, 5.41) is 5.54. The lowest BCUT2D eigenvalue weighted by atomic mass is 9.70. The summed E-state index contributed by atoms with van der Waals surface area (Å²) in [5.41, 5.74) is 12.2. The molecule has 8 nitrogen and oxygen atoms in total. The van der Waals surface area contributed by atoms with Crippen molar-refractivity contribution >= 4 is 22.6 Å². The topological polar surface area (TPSA) is 97.7 Å². The Morgan fingerprint density at radius 2 is 2.15 bits per heavy atom. The summed E-state index contributed by atoms with van der Waals surface area (Å²) >= 11 is 0. The number of benzene rings is 1. The van der Waals surface area contributed by atoms with Crippen molar-refractivity contribution in [3.05, 3.63) is 48.4 Å². The molecule has 4 atom stereocenters. The summed E-state index contributed by atoms with van der Waals surface area (Å²) in [7, 11) is 0. The number of nitrogens with zero attached hydrogens (tertiary/aromatic N) is 2. The Balaban J connectivity index is 1.23. The smallest absolute Gasteiger partial charge is 0.223 e. The number of furan rings is 1. The molecule has 0 spiro atoms. The number of hydrogen-bond donors (Lipinski definition) is 4. The van der Waals surface area contributed by atoms with Gasteiger partial charge in [-0.05, 0) is 61.3 Å². The number of aromatic amines is 1. The van der Waals surface area contributed by atoms with E-state index in [2.05, 4.69) is 56.7 Å². The van der Waals surface area contributed by atoms with E-state index in [0.29, 0.717) is 24.3 Å². The van der Waals surface area contributed by atoms with Gasteiger partial charge in [-0.25, -0.2) is 5.53 Å². The molecule has 2 aliphatic heterocycles. The largest absolute Gasteiger partial charge is 0.464 e. The summed E-state index contributed by atoms with van der Waals surface area (Å²) in [4.78, 5) is 19.3. The molecule has 8 heteroatoms. The van der Waals surface area contributed by atoms with Gasteiger partial charge in [0, 0.05) is 47.6 Å². The first kappa shape index (κ1) is 21.3. The van der Waals surface area contributed by atoms with Crippen LogP contribution in [0.3, 0.4) is 0 Å². The number of carbonyl (C=O) groups excluding carboxylic acids is 1. The van der Waals surface area contributed by atoms with Gasteiger partial charge in [0.05, 0.1) is 6.26 Å². The number of amides is 1. The minimum Gasteiger partial charge on any atom is -0.464 e. The molecule has 4 N–H and O–H groups in total. The molecular weight excluding hydrogens is 428 g/mol. The molecule has 34 heavy (non-hydrogen) atoms. The van der Waals surface area contributed by atoms with Crippen molar-refractivity contribution in [2.24, 2.45) is 16.9 Å². The second-order valence-corrected chi connectivity index (χ2v) is 9.91. The number of aromatic nitrogens is 1. The van der Waals surface area contributed by atoms with Crippen LogP contribution in [0.1, 0.15) is 56.9 Å². The summed E-state index contributed by atoms with van der Waals surface area (Å²) < 4.78 is 5.71. The zero-order valence-corrected chi connectivity index (χ0v) is 19.5. The highest BCUT2D eigenvalue weighted by Crippen LogP contribution is 2.41. The summed E-state index contributed by atoms with van der Waals surface area (Å²) in [5.74, 6) is 3.05. The van der Waals surface area contributed by atoms with Crippen LogP contribution < -0.4 is 16.5 Å². The minimum atomic E-state index is 0.103. The Hall–Kier alpha value is -3.26. The lowest BCUT2D eigenvalue weighted by Gasteiger charge is -2.47. The number of hydrogen-bond acceptors (Lipinski definition) is 6. The van der Waals surface area contributed by atoms with Gasteiger partial charge in [-0.15, -0.1) is 10.6 Å². The van der Waals surface area contributed by atoms with Gasteiger partial charge in [0.15, 0.2) is 0 Å². The van der Waals surface area contributed by atoms with Crippen molar-refractivity contribution in [3.63, 3.8) is 0 Å². The average Bonchev–Trinajstić information content (AvgIpc) is 3.64. The quantitative estimate of drug-likeness (QED) is 0.456. The third-order valence-electron chi connectivity index (χ3n) is 7.99. The minimum absolute atomic E-state index is 0.103. The third-order valence-corrected chi connectivity index (χ3v) is 7.99. The van der Waals surface area contributed by atoms with Gasteiger partial charge in [-0.2, -0.15) is 0 Å². The second-order valence-electron chi connectivity index (χ2n) is 9.91. The molecule has 2 fully saturated rings. The van der Waals surface area contributed by atoms with E-state index in [-0.39, 0.29) is 11.8 Å².